The summed E-state index contributed by atoms with van der Waals surface area (Å²) in [6.07, 6.45) is 18.7. The third-order valence-corrected chi connectivity index (χ3v) is 5.41. The quantitative estimate of drug-likeness (QED) is 0.159. The molecule has 0 aliphatic carbocycles. The third kappa shape index (κ3) is 8.26. The number of carbonyl (C=O) groups is 2. The SMILES string of the molecule is C#CC(=O)C(CCCC)OC(=O)c1ccc(-c2ncc(CCCCCCCC)cn2)cc1. The van der Waals surface area contributed by atoms with Gasteiger partial charge in [-0.2, -0.15) is 0 Å². The van der Waals surface area contributed by atoms with E-state index in [0.717, 1.165) is 36.8 Å². The van der Waals surface area contributed by atoms with Crippen molar-refractivity contribution in [1.82, 2.24) is 9.97 Å². The van der Waals surface area contributed by atoms with Crippen molar-refractivity contribution >= 4 is 11.8 Å². The minimum atomic E-state index is -0.894. The molecule has 170 valence electrons. The molecule has 1 aromatic carbocycles. The molecule has 0 aliphatic heterocycles. The van der Waals surface area contributed by atoms with Gasteiger partial charge in [-0.3, -0.25) is 4.79 Å². The fourth-order valence-corrected chi connectivity index (χ4v) is 3.42. The molecule has 5 nitrogen and oxygen atoms in total. The maximum Gasteiger partial charge on any atom is 0.338 e. The predicted molar refractivity (Wildman–Crippen MR) is 127 cm³/mol. The number of ether oxygens (including phenoxy) is 1. The number of Topliss-reactive ketones (excluding diaryl/α,β-unsaturated/α-hetero) is 1. The normalized spacial score (nSPS) is 11.5. The molecule has 5 heteroatoms. The average molecular weight is 435 g/mol. The van der Waals surface area contributed by atoms with Gasteiger partial charge in [0, 0.05) is 18.0 Å². The maximum absolute atomic E-state index is 12.4. The fraction of sp³-hybridized carbons (Fsp3) is 0.481. The van der Waals surface area contributed by atoms with Crippen LogP contribution in [0.4, 0.5) is 0 Å². The van der Waals surface area contributed by atoms with Crippen molar-refractivity contribution in [3.8, 4) is 23.7 Å². The summed E-state index contributed by atoms with van der Waals surface area (Å²) in [7, 11) is 0. The number of aromatic nitrogens is 2. The number of carbonyl (C=O) groups excluding carboxylic acids is 2. The van der Waals surface area contributed by atoms with Crippen molar-refractivity contribution in [2.24, 2.45) is 0 Å². The summed E-state index contributed by atoms with van der Waals surface area (Å²) in [5, 5.41) is 0. The third-order valence-electron chi connectivity index (χ3n) is 5.41. The molecule has 0 N–H and O–H groups in total. The van der Waals surface area contributed by atoms with Crippen LogP contribution >= 0.6 is 0 Å². The summed E-state index contributed by atoms with van der Waals surface area (Å²) >= 11 is 0. The van der Waals surface area contributed by atoms with E-state index in [1.807, 2.05) is 19.3 Å². The first-order chi connectivity index (χ1) is 15.6. The summed E-state index contributed by atoms with van der Waals surface area (Å²) in [5.41, 5.74) is 2.32. The van der Waals surface area contributed by atoms with Gasteiger partial charge in [0.2, 0.25) is 5.78 Å². The predicted octanol–water partition coefficient (Wildman–Crippen LogP) is 5.96. The van der Waals surface area contributed by atoms with Gasteiger partial charge in [-0.1, -0.05) is 64.5 Å². The number of unbranched alkanes of at least 4 members (excludes halogenated alkanes) is 6. The van der Waals surface area contributed by atoms with E-state index in [1.54, 1.807) is 24.3 Å². The zero-order valence-electron chi connectivity index (χ0n) is 19.3. The molecular weight excluding hydrogens is 400 g/mol. The minimum Gasteiger partial charge on any atom is -0.450 e. The molecule has 2 rings (SSSR count). The molecule has 0 amide bonds. The lowest BCUT2D eigenvalue weighted by Crippen LogP contribution is -2.26. The molecule has 0 bridgehead atoms. The second kappa shape index (κ2) is 14.1. The number of hydrogen-bond donors (Lipinski definition) is 0. The Morgan fingerprint density at radius 2 is 1.56 bits per heavy atom. The number of ketones is 1. The summed E-state index contributed by atoms with van der Waals surface area (Å²) in [5.74, 6) is 1.61. The van der Waals surface area contributed by atoms with Crippen molar-refractivity contribution < 1.29 is 14.3 Å². The summed E-state index contributed by atoms with van der Waals surface area (Å²) in [6, 6.07) is 6.87. The van der Waals surface area contributed by atoms with Crippen LogP contribution in [0.3, 0.4) is 0 Å². The van der Waals surface area contributed by atoms with Crippen LogP contribution in [-0.2, 0) is 16.0 Å². The van der Waals surface area contributed by atoms with Crippen molar-refractivity contribution in [2.45, 2.75) is 84.2 Å². The van der Waals surface area contributed by atoms with Gasteiger partial charge in [-0.15, -0.1) is 6.42 Å². The Hall–Kier alpha value is -3.00. The highest BCUT2D eigenvalue weighted by molar-refractivity contribution is 6.00. The van der Waals surface area contributed by atoms with Gasteiger partial charge < -0.3 is 4.74 Å². The highest BCUT2D eigenvalue weighted by Crippen LogP contribution is 2.18. The van der Waals surface area contributed by atoms with Crippen LogP contribution in [0.2, 0.25) is 0 Å². The first-order valence-corrected chi connectivity index (χ1v) is 11.7. The van der Waals surface area contributed by atoms with Gasteiger partial charge in [0.25, 0.3) is 0 Å². The molecule has 1 atom stereocenters. The van der Waals surface area contributed by atoms with E-state index in [0.29, 0.717) is 17.8 Å². The van der Waals surface area contributed by atoms with Crippen LogP contribution in [0, 0.1) is 12.3 Å². The van der Waals surface area contributed by atoms with Gasteiger partial charge >= 0.3 is 5.97 Å². The second-order valence-corrected chi connectivity index (χ2v) is 8.05. The Kier molecular flexibility index (Phi) is 11.2. The molecular formula is C27H34N2O3. The number of nitrogens with zero attached hydrogens (tertiary/aromatic N) is 2. The molecule has 2 aromatic rings. The van der Waals surface area contributed by atoms with Crippen LogP contribution in [-0.4, -0.2) is 27.8 Å². The minimum absolute atomic E-state index is 0.361. The molecule has 0 spiro atoms. The molecule has 1 aromatic heterocycles. The van der Waals surface area contributed by atoms with E-state index in [-0.39, 0.29) is 0 Å². The number of hydrogen-bond acceptors (Lipinski definition) is 5. The van der Waals surface area contributed by atoms with Gasteiger partial charge in [0.15, 0.2) is 11.9 Å². The van der Waals surface area contributed by atoms with E-state index in [4.69, 9.17) is 11.2 Å². The van der Waals surface area contributed by atoms with Crippen molar-refractivity contribution in [1.29, 1.82) is 0 Å². The van der Waals surface area contributed by atoms with E-state index in [1.165, 1.54) is 32.1 Å². The lowest BCUT2D eigenvalue weighted by Gasteiger charge is -2.14. The van der Waals surface area contributed by atoms with Crippen molar-refractivity contribution in [2.75, 3.05) is 0 Å². The van der Waals surface area contributed by atoms with Crippen LogP contribution in [0.1, 0.15) is 87.6 Å². The van der Waals surface area contributed by atoms with Crippen LogP contribution in [0.25, 0.3) is 11.4 Å². The Balaban J connectivity index is 1.91. The zero-order valence-corrected chi connectivity index (χ0v) is 19.3. The van der Waals surface area contributed by atoms with E-state index < -0.39 is 17.9 Å². The Labute approximate surface area is 192 Å². The number of rotatable bonds is 14. The second-order valence-electron chi connectivity index (χ2n) is 8.05. The molecule has 1 unspecified atom stereocenters. The summed E-state index contributed by atoms with van der Waals surface area (Å²) in [4.78, 5) is 33.2. The highest BCUT2D eigenvalue weighted by Gasteiger charge is 2.21. The van der Waals surface area contributed by atoms with Crippen LogP contribution in [0.5, 0.6) is 0 Å². The Bertz CT molecular complexity index is 883. The Morgan fingerprint density at radius 3 is 2.19 bits per heavy atom. The number of benzene rings is 1. The molecule has 1 heterocycles. The summed E-state index contributed by atoms with van der Waals surface area (Å²) < 4.78 is 5.36. The average Bonchev–Trinajstić information content (AvgIpc) is 2.83. The zero-order chi connectivity index (χ0) is 23.2. The van der Waals surface area contributed by atoms with E-state index in [2.05, 4.69) is 22.8 Å². The number of esters is 1. The van der Waals surface area contributed by atoms with Gasteiger partial charge in [-0.05, 0) is 49.3 Å². The molecule has 0 saturated heterocycles. The molecule has 32 heavy (non-hydrogen) atoms. The molecule has 0 aliphatic rings. The van der Waals surface area contributed by atoms with Crippen molar-refractivity contribution in [3.05, 3.63) is 47.8 Å². The lowest BCUT2D eigenvalue weighted by molar-refractivity contribution is -0.122. The molecule has 0 saturated carbocycles. The van der Waals surface area contributed by atoms with Crippen LogP contribution < -0.4 is 0 Å². The van der Waals surface area contributed by atoms with Crippen molar-refractivity contribution in [3.63, 3.8) is 0 Å². The van der Waals surface area contributed by atoms with Gasteiger partial charge in [0.1, 0.15) is 0 Å². The summed E-state index contributed by atoms with van der Waals surface area (Å²) in [6.45, 7) is 4.23. The number of aryl methyl sites for hydroxylation is 1. The lowest BCUT2D eigenvalue weighted by atomic mass is 10.1. The topological polar surface area (TPSA) is 69.2 Å². The number of terminal acetylenes is 1. The fourth-order valence-electron chi connectivity index (χ4n) is 3.42. The van der Waals surface area contributed by atoms with Gasteiger partial charge in [0.05, 0.1) is 5.56 Å². The smallest absolute Gasteiger partial charge is 0.338 e. The van der Waals surface area contributed by atoms with Crippen LogP contribution in [0.15, 0.2) is 36.7 Å². The largest absolute Gasteiger partial charge is 0.450 e. The molecule has 0 fully saturated rings. The Morgan fingerprint density at radius 1 is 0.938 bits per heavy atom. The molecule has 0 radical (unpaired) electrons. The monoisotopic (exact) mass is 434 g/mol. The highest BCUT2D eigenvalue weighted by atomic mass is 16.5. The first kappa shape index (κ1) is 25.3. The maximum atomic E-state index is 12.4. The van der Waals surface area contributed by atoms with Gasteiger partial charge in [-0.25, -0.2) is 14.8 Å². The van der Waals surface area contributed by atoms with E-state index >= 15 is 0 Å². The van der Waals surface area contributed by atoms with E-state index in [9.17, 15) is 9.59 Å². The first-order valence-electron chi connectivity index (χ1n) is 11.7. The standard InChI is InChI=1S/C27H34N2O3/c1-4-7-9-10-11-12-13-21-19-28-26(29-20-21)22-15-17-23(18-16-22)27(31)32-25(14-8-5-2)24(30)6-3/h3,15-20,25H,4-5,7-14H2,1-2H3.